The van der Waals surface area contributed by atoms with Gasteiger partial charge in [-0.15, -0.1) is 0 Å². The maximum absolute atomic E-state index is 12.0. The van der Waals surface area contributed by atoms with E-state index in [1.807, 2.05) is 13.8 Å². The van der Waals surface area contributed by atoms with Gasteiger partial charge in [0.1, 0.15) is 0 Å². The summed E-state index contributed by atoms with van der Waals surface area (Å²) in [5, 5.41) is 9.16. The zero-order chi connectivity index (χ0) is 12.9. The molecule has 1 aliphatic heterocycles. The summed E-state index contributed by atoms with van der Waals surface area (Å²) in [6.45, 7) is 5.54. The van der Waals surface area contributed by atoms with Gasteiger partial charge in [-0.05, 0) is 33.2 Å². The van der Waals surface area contributed by atoms with E-state index in [1.165, 1.54) is 0 Å². The third-order valence-corrected chi connectivity index (χ3v) is 2.88. The summed E-state index contributed by atoms with van der Waals surface area (Å²) in [6.07, 6.45) is 1.97. The molecule has 1 saturated heterocycles. The number of hydrogen-bond acceptors (Lipinski definition) is 4. The molecule has 1 amide bonds. The van der Waals surface area contributed by atoms with Crippen molar-refractivity contribution in [3.63, 3.8) is 0 Å². The molecule has 0 saturated carbocycles. The second kappa shape index (κ2) is 6.33. The van der Waals surface area contributed by atoms with E-state index >= 15 is 0 Å². The summed E-state index contributed by atoms with van der Waals surface area (Å²) in [7, 11) is 0. The highest BCUT2D eigenvalue weighted by Gasteiger charge is 2.34. The van der Waals surface area contributed by atoms with Crippen molar-refractivity contribution in [1.82, 2.24) is 4.90 Å². The zero-order valence-corrected chi connectivity index (χ0v) is 10.8. The highest BCUT2D eigenvalue weighted by Crippen LogP contribution is 2.21. The topological polar surface area (TPSA) is 75.8 Å². The van der Waals surface area contributed by atoms with Crippen molar-refractivity contribution in [2.75, 3.05) is 26.2 Å². The van der Waals surface area contributed by atoms with Gasteiger partial charge in [0, 0.05) is 19.5 Å². The maximum atomic E-state index is 12.0. The fourth-order valence-electron chi connectivity index (χ4n) is 2.16. The first-order valence-corrected chi connectivity index (χ1v) is 6.25. The number of aliphatic hydroxyl groups is 1. The fourth-order valence-corrected chi connectivity index (χ4v) is 2.16. The van der Waals surface area contributed by atoms with E-state index in [0.717, 1.165) is 12.8 Å². The van der Waals surface area contributed by atoms with Gasteiger partial charge in [-0.2, -0.15) is 0 Å². The Morgan fingerprint density at radius 3 is 2.82 bits per heavy atom. The van der Waals surface area contributed by atoms with Crippen LogP contribution in [0.15, 0.2) is 0 Å². The van der Waals surface area contributed by atoms with E-state index in [0.29, 0.717) is 26.1 Å². The smallest absolute Gasteiger partial charge is 0.222 e. The molecule has 0 radical (unpaired) electrons. The summed E-state index contributed by atoms with van der Waals surface area (Å²) < 4.78 is 5.67. The molecule has 0 aromatic carbocycles. The van der Waals surface area contributed by atoms with E-state index in [-0.39, 0.29) is 24.2 Å². The average molecular weight is 244 g/mol. The molecule has 3 N–H and O–H groups in total. The van der Waals surface area contributed by atoms with E-state index < -0.39 is 0 Å². The number of carbonyl (C=O) groups is 1. The van der Waals surface area contributed by atoms with Crippen LogP contribution in [0.3, 0.4) is 0 Å². The van der Waals surface area contributed by atoms with Crippen LogP contribution in [0.4, 0.5) is 0 Å². The molecule has 1 atom stereocenters. The molecule has 0 aromatic rings. The number of nitrogens with zero attached hydrogens (tertiary/aromatic N) is 1. The lowest BCUT2D eigenvalue weighted by atomic mass is 10.0. The molecule has 0 aliphatic carbocycles. The van der Waals surface area contributed by atoms with Gasteiger partial charge in [0.2, 0.25) is 5.91 Å². The van der Waals surface area contributed by atoms with Crippen LogP contribution in [0, 0.1) is 0 Å². The lowest BCUT2D eigenvalue weighted by molar-refractivity contribution is -0.167. The van der Waals surface area contributed by atoms with Crippen molar-refractivity contribution >= 4 is 5.91 Å². The van der Waals surface area contributed by atoms with E-state index in [9.17, 15) is 4.79 Å². The van der Waals surface area contributed by atoms with Gasteiger partial charge in [-0.3, -0.25) is 4.79 Å². The van der Waals surface area contributed by atoms with Gasteiger partial charge >= 0.3 is 0 Å². The van der Waals surface area contributed by atoms with Gasteiger partial charge in [0.15, 0.2) is 0 Å². The molecule has 1 aliphatic rings. The fraction of sp³-hybridized carbons (Fsp3) is 0.917. The second-order valence-electron chi connectivity index (χ2n) is 5.20. The number of carbonyl (C=O) groups excluding carboxylic acids is 1. The molecular formula is C12H24N2O3. The first-order chi connectivity index (χ1) is 7.98. The lowest BCUT2D eigenvalue weighted by Crippen LogP contribution is -2.55. The van der Waals surface area contributed by atoms with Crippen molar-refractivity contribution in [3.05, 3.63) is 0 Å². The van der Waals surface area contributed by atoms with E-state index in [4.69, 9.17) is 15.6 Å². The van der Waals surface area contributed by atoms with Gasteiger partial charge in [0.25, 0.3) is 0 Å². The van der Waals surface area contributed by atoms with Gasteiger partial charge < -0.3 is 20.5 Å². The molecule has 17 heavy (non-hydrogen) atoms. The van der Waals surface area contributed by atoms with Crippen molar-refractivity contribution < 1.29 is 14.6 Å². The predicted molar refractivity (Wildman–Crippen MR) is 65.5 cm³/mol. The maximum Gasteiger partial charge on any atom is 0.222 e. The molecule has 0 aromatic heterocycles. The quantitative estimate of drug-likeness (QED) is 0.673. The Hall–Kier alpha value is -0.650. The van der Waals surface area contributed by atoms with Gasteiger partial charge in [0.05, 0.1) is 18.3 Å². The van der Waals surface area contributed by atoms with Crippen LogP contribution in [0.2, 0.25) is 0 Å². The Balaban J connectivity index is 2.48. The number of amides is 1. The summed E-state index contributed by atoms with van der Waals surface area (Å²) >= 11 is 0. The average Bonchev–Trinajstić information content (AvgIpc) is 2.27. The van der Waals surface area contributed by atoms with Crippen molar-refractivity contribution in [2.24, 2.45) is 5.73 Å². The Morgan fingerprint density at radius 2 is 2.24 bits per heavy atom. The Labute approximate surface area is 103 Å². The van der Waals surface area contributed by atoms with Gasteiger partial charge in [-0.1, -0.05) is 0 Å². The number of rotatable bonds is 5. The van der Waals surface area contributed by atoms with Gasteiger partial charge in [-0.25, -0.2) is 0 Å². The molecule has 1 rings (SSSR count). The van der Waals surface area contributed by atoms with E-state index in [1.54, 1.807) is 4.90 Å². The number of aliphatic hydroxyl groups excluding tert-OH is 1. The summed E-state index contributed by atoms with van der Waals surface area (Å²) in [5.41, 5.74) is 5.02. The standard InChI is InChI=1S/C12H24N2O3/c1-12(2)9-14(7-10(8-15)17-12)11(16)5-3-4-6-13/h10,15H,3-9,13H2,1-2H3. The summed E-state index contributed by atoms with van der Waals surface area (Å²) in [4.78, 5) is 13.8. The van der Waals surface area contributed by atoms with Crippen molar-refractivity contribution in [1.29, 1.82) is 0 Å². The molecule has 100 valence electrons. The number of nitrogens with two attached hydrogens (primary N) is 1. The van der Waals surface area contributed by atoms with Crippen molar-refractivity contribution in [2.45, 2.75) is 44.8 Å². The van der Waals surface area contributed by atoms with Crippen LogP contribution in [-0.4, -0.2) is 53.9 Å². The monoisotopic (exact) mass is 244 g/mol. The molecule has 5 nitrogen and oxygen atoms in total. The van der Waals surface area contributed by atoms with Crippen LogP contribution in [0.1, 0.15) is 33.1 Å². The number of unbranched alkanes of at least 4 members (excludes halogenated alkanes) is 1. The van der Waals surface area contributed by atoms with E-state index in [2.05, 4.69) is 0 Å². The van der Waals surface area contributed by atoms with Crippen LogP contribution in [0.5, 0.6) is 0 Å². The summed E-state index contributed by atoms with van der Waals surface area (Å²) in [6, 6.07) is 0. The Kier molecular flexibility index (Phi) is 5.36. The largest absolute Gasteiger partial charge is 0.394 e. The number of ether oxygens (including phenoxy) is 1. The normalized spacial score (nSPS) is 23.8. The van der Waals surface area contributed by atoms with Crippen molar-refractivity contribution in [3.8, 4) is 0 Å². The first-order valence-electron chi connectivity index (χ1n) is 6.25. The molecule has 0 spiro atoms. The third-order valence-electron chi connectivity index (χ3n) is 2.88. The first kappa shape index (κ1) is 14.4. The SMILES string of the molecule is CC1(C)CN(C(=O)CCCCN)CC(CO)O1. The second-order valence-corrected chi connectivity index (χ2v) is 5.20. The Bertz CT molecular complexity index is 256. The summed E-state index contributed by atoms with van der Waals surface area (Å²) in [5.74, 6) is 0.133. The molecule has 0 bridgehead atoms. The minimum Gasteiger partial charge on any atom is -0.394 e. The lowest BCUT2D eigenvalue weighted by Gasteiger charge is -2.42. The minimum absolute atomic E-state index is 0.0456. The highest BCUT2D eigenvalue weighted by atomic mass is 16.5. The Morgan fingerprint density at radius 1 is 1.53 bits per heavy atom. The molecule has 5 heteroatoms. The van der Waals surface area contributed by atoms with Crippen LogP contribution >= 0.6 is 0 Å². The van der Waals surface area contributed by atoms with Crippen LogP contribution in [-0.2, 0) is 9.53 Å². The number of morpholine rings is 1. The predicted octanol–water partition coefficient (Wildman–Crippen LogP) is 0.114. The molecule has 1 unspecified atom stereocenters. The molecular weight excluding hydrogens is 220 g/mol. The highest BCUT2D eigenvalue weighted by molar-refractivity contribution is 5.76. The minimum atomic E-state index is -0.380. The molecule has 1 fully saturated rings. The third kappa shape index (κ3) is 4.61. The zero-order valence-electron chi connectivity index (χ0n) is 10.8. The molecule has 1 heterocycles. The van der Waals surface area contributed by atoms with Crippen LogP contribution < -0.4 is 5.73 Å². The number of hydrogen-bond donors (Lipinski definition) is 2. The van der Waals surface area contributed by atoms with Crippen LogP contribution in [0.25, 0.3) is 0 Å².